The number of nitrogens with two attached hydrogens (primary N) is 1. The van der Waals surface area contributed by atoms with Crippen LogP contribution in [0.5, 0.6) is 0 Å². The number of thiophene rings is 1. The highest BCUT2D eigenvalue weighted by Crippen LogP contribution is 2.43. The number of nitrogens with one attached hydrogen (secondary N) is 1. The number of hydrogen-bond acceptors (Lipinski definition) is 3. The van der Waals surface area contributed by atoms with Crippen LogP contribution in [0.25, 0.3) is 10.4 Å². The third-order valence-electron chi connectivity index (χ3n) is 2.97. The first-order chi connectivity index (χ1) is 9.54. The van der Waals surface area contributed by atoms with Gasteiger partial charge in [0, 0.05) is 15.5 Å². The van der Waals surface area contributed by atoms with Crippen LogP contribution in [-0.2, 0) is 4.79 Å². The molecule has 0 atom stereocenters. The number of carbonyl (C=O) groups excluding carboxylic acids is 1. The molecule has 0 radical (unpaired) electrons. The number of nitrogens with zero attached hydrogens (tertiary/aromatic N) is 1. The van der Waals surface area contributed by atoms with Gasteiger partial charge in [-0.3, -0.25) is 10.1 Å². The largest absolute Gasteiger partial charge is 0.369 e. The molecule has 0 aliphatic heterocycles. The Morgan fingerprint density at radius 3 is 2.70 bits per heavy atom. The van der Waals surface area contributed by atoms with Crippen molar-refractivity contribution >= 4 is 40.3 Å². The molecule has 0 fully saturated rings. The Bertz CT molecular complexity index is 679. The molecule has 6 heteroatoms. The summed E-state index contributed by atoms with van der Waals surface area (Å²) in [5.74, 6) is 0.0788. The van der Waals surface area contributed by atoms with E-state index in [-0.39, 0.29) is 5.96 Å². The second-order valence-corrected chi connectivity index (χ2v) is 5.63. The molecule has 4 nitrogen and oxygen atoms in total. The SMILES string of the molecule is Cc1c(/N=C(/N)NC=O)sc(-c2ccccc2Cl)c1C. The first kappa shape index (κ1) is 14.6. The summed E-state index contributed by atoms with van der Waals surface area (Å²) in [7, 11) is 0. The monoisotopic (exact) mass is 307 g/mol. The fourth-order valence-electron chi connectivity index (χ4n) is 1.79. The Kier molecular flexibility index (Phi) is 4.42. The predicted molar refractivity (Wildman–Crippen MR) is 84.7 cm³/mol. The molecule has 1 heterocycles. The Labute approximate surface area is 126 Å². The van der Waals surface area contributed by atoms with Gasteiger partial charge in [0.15, 0.2) is 0 Å². The Morgan fingerprint density at radius 2 is 2.05 bits per heavy atom. The third-order valence-corrected chi connectivity index (χ3v) is 4.62. The minimum absolute atomic E-state index is 0.0788. The van der Waals surface area contributed by atoms with Gasteiger partial charge in [0.05, 0.1) is 0 Å². The minimum atomic E-state index is 0.0788. The van der Waals surface area contributed by atoms with Gasteiger partial charge in [-0.25, -0.2) is 4.99 Å². The van der Waals surface area contributed by atoms with Crippen LogP contribution in [0.1, 0.15) is 11.1 Å². The van der Waals surface area contributed by atoms with Gasteiger partial charge in [0.1, 0.15) is 5.00 Å². The summed E-state index contributed by atoms with van der Waals surface area (Å²) in [6.07, 6.45) is 0.504. The summed E-state index contributed by atoms with van der Waals surface area (Å²) < 4.78 is 0. The molecule has 0 spiro atoms. The average molecular weight is 308 g/mol. The standard InChI is InChI=1S/C14H14ClN3OS/c1-8-9(2)13(18-14(16)17-7-19)20-12(8)10-5-3-4-6-11(10)15/h3-7H,1-2H3,(H3,16,17,18,19). The first-order valence-corrected chi connectivity index (χ1v) is 7.13. The van der Waals surface area contributed by atoms with E-state index in [0.29, 0.717) is 11.4 Å². The molecular weight excluding hydrogens is 294 g/mol. The summed E-state index contributed by atoms with van der Waals surface area (Å²) in [6, 6.07) is 7.67. The van der Waals surface area contributed by atoms with E-state index < -0.39 is 0 Å². The summed E-state index contributed by atoms with van der Waals surface area (Å²) in [5, 5.41) is 3.80. The van der Waals surface area contributed by atoms with Crippen molar-refractivity contribution in [3.63, 3.8) is 0 Å². The van der Waals surface area contributed by atoms with Gasteiger partial charge in [0.2, 0.25) is 12.4 Å². The second kappa shape index (κ2) is 6.07. The van der Waals surface area contributed by atoms with Crippen molar-refractivity contribution in [1.29, 1.82) is 0 Å². The molecule has 2 rings (SSSR count). The molecule has 20 heavy (non-hydrogen) atoms. The van der Waals surface area contributed by atoms with Crippen LogP contribution >= 0.6 is 22.9 Å². The summed E-state index contributed by atoms with van der Waals surface area (Å²) >= 11 is 7.73. The van der Waals surface area contributed by atoms with Crippen LogP contribution in [-0.4, -0.2) is 12.4 Å². The van der Waals surface area contributed by atoms with E-state index in [1.165, 1.54) is 11.3 Å². The van der Waals surface area contributed by atoms with Gasteiger partial charge >= 0.3 is 0 Å². The number of hydrogen-bond donors (Lipinski definition) is 2. The average Bonchev–Trinajstić information content (AvgIpc) is 2.68. The van der Waals surface area contributed by atoms with Gasteiger partial charge < -0.3 is 5.73 Å². The smallest absolute Gasteiger partial charge is 0.213 e. The molecule has 0 saturated heterocycles. The van der Waals surface area contributed by atoms with Crippen LogP contribution in [0.3, 0.4) is 0 Å². The number of rotatable bonds is 3. The molecule has 0 bridgehead atoms. The number of carbonyl (C=O) groups is 1. The van der Waals surface area contributed by atoms with Gasteiger partial charge in [-0.2, -0.15) is 0 Å². The molecular formula is C14H14ClN3OS. The van der Waals surface area contributed by atoms with Crippen molar-refractivity contribution in [3.8, 4) is 10.4 Å². The van der Waals surface area contributed by atoms with Crippen molar-refractivity contribution in [3.05, 3.63) is 40.4 Å². The Morgan fingerprint density at radius 1 is 1.35 bits per heavy atom. The number of halogens is 1. The van der Waals surface area contributed by atoms with Crippen LogP contribution < -0.4 is 11.1 Å². The van der Waals surface area contributed by atoms with Crippen molar-refractivity contribution in [2.24, 2.45) is 10.7 Å². The summed E-state index contributed by atoms with van der Waals surface area (Å²) in [4.78, 5) is 15.6. The van der Waals surface area contributed by atoms with Crippen LogP contribution in [0, 0.1) is 13.8 Å². The molecule has 1 aromatic carbocycles. The second-order valence-electron chi connectivity index (χ2n) is 4.23. The van der Waals surface area contributed by atoms with E-state index in [4.69, 9.17) is 17.3 Å². The summed E-state index contributed by atoms with van der Waals surface area (Å²) in [6.45, 7) is 3.99. The maximum Gasteiger partial charge on any atom is 0.213 e. The fourth-order valence-corrected chi connectivity index (χ4v) is 3.32. The fraction of sp³-hybridized carbons (Fsp3) is 0.143. The van der Waals surface area contributed by atoms with Crippen LogP contribution in [0.15, 0.2) is 29.3 Å². The molecule has 0 saturated carbocycles. The molecule has 0 aliphatic carbocycles. The van der Waals surface area contributed by atoms with E-state index in [1.807, 2.05) is 38.1 Å². The van der Waals surface area contributed by atoms with E-state index >= 15 is 0 Å². The normalized spacial score (nSPS) is 11.4. The van der Waals surface area contributed by atoms with E-state index in [9.17, 15) is 4.79 Å². The molecule has 0 aliphatic rings. The molecule has 1 amide bonds. The zero-order chi connectivity index (χ0) is 14.7. The lowest BCUT2D eigenvalue weighted by Crippen LogP contribution is -2.29. The van der Waals surface area contributed by atoms with E-state index in [1.54, 1.807) is 0 Å². The zero-order valence-electron chi connectivity index (χ0n) is 11.1. The lowest BCUT2D eigenvalue weighted by molar-refractivity contribution is -0.108. The third kappa shape index (κ3) is 2.84. The lowest BCUT2D eigenvalue weighted by Gasteiger charge is -2.02. The van der Waals surface area contributed by atoms with E-state index in [0.717, 1.165) is 26.6 Å². The van der Waals surface area contributed by atoms with Gasteiger partial charge in [-0.05, 0) is 31.0 Å². The predicted octanol–water partition coefficient (Wildman–Crippen LogP) is 3.38. The van der Waals surface area contributed by atoms with Crippen LogP contribution in [0.4, 0.5) is 5.00 Å². The molecule has 3 N–H and O–H groups in total. The van der Waals surface area contributed by atoms with Crippen molar-refractivity contribution < 1.29 is 4.79 Å². The van der Waals surface area contributed by atoms with Crippen LogP contribution in [0.2, 0.25) is 5.02 Å². The zero-order valence-corrected chi connectivity index (χ0v) is 12.7. The highest BCUT2D eigenvalue weighted by molar-refractivity contribution is 7.19. The quantitative estimate of drug-likeness (QED) is 0.518. The van der Waals surface area contributed by atoms with Gasteiger partial charge in [-0.15, -0.1) is 11.3 Å². The highest BCUT2D eigenvalue weighted by Gasteiger charge is 2.15. The number of amides is 1. The Balaban J connectivity index is 2.51. The number of benzene rings is 1. The van der Waals surface area contributed by atoms with Crippen molar-refractivity contribution in [2.45, 2.75) is 13.8 Å². The maximum atomic E-state index is 10.3. The van der Waals surface area contributed by atoms with Gasteiger partial charge in [-0.1, -0.05) is 29.8 Å². The first-order valence-electron chi connectivity index (χ1n) is 5.93. The van der Waals surface area contributed by atoms with Crippen molar-refractivity contribution in [1.82, 2.24) is 5.32 Å². The number of aliphatic imine (C=N–C) groups is 1. The lowest BCUT2D eigenvalue weighted by atomic mass is 10.1. The molecule has 104 valence electrons. The Hall–Kier alpha value is -1.85. The van der Waals surface area contributed by atoms with E-state index in [2.05, 4.69) is 10.3 Å². The highest BCUT2D eigenvalue weighted by atomic mass is 35.5. The molecule has 0 unspecified atom stereocenters. The number of guanidine groups is 1. The summed E-state index contributed by atoms with van der Waals surface area (Å²) in [5.41, 5.74) is 8.72. The van der Waals surface area contributed by atoms with Gasteiger partial charge in [0.25, 0.3) is 0 Å². The molecule has 1 aromatic heterocycles. The topological polar surface area (TPSA) is 67.5 Å². The molecule has 2 aromatic rings. The maximum absolute atomic E-state index is 10.3. The minimum Gasteiger partial charge on any atom is -0.369 e. The van der Waals surface area contributed by atoms with Crippen molar-refractivity contribution in [2.75, 3.05) is 0 Å².